The highest BCUT2D eigenvalue weighted by atomic mass is 16.4. The molecule has 0 fully saturated rings. The molecule has 0 aliphatic heterocycles. The van der Waals surface area contributed by atoms with E-state index in [1.165, 1.54) is 0 Å². The number of nitrogens with one attached hydrogen (secondary N) is 1. The topological polar surface area (TPSA) is 116 Å². The molecule has 0 radical (unpaired) electrons. The monoisotopic (exact) mass is 263 g/mol. The van der Waals surface area contributed by atoms with Gasteiger partial charge in [0.25, 0.3) is 0 Å². The lowest BCUT2D eigenvalue weighted by Gasteiger charge is -2.11. The lowest BCUT2D eigenvalue weighted by atomic mass is 10.2. The summed E-state index contributed by atoms with van der Waals surface area (Å²) in [7, 11) is 0. The van der Waals surface area contributed by atoms with E-state index in [-0.39, 0.29) is 19.0 Å². The standard InChI is InChI=1S/C12H13N3O4/c16-6-7(17)5-13-10-8-3-1-2-4-9(8)14-11(15-10)12(18)19/h1-4,7,16-17H,5-6H2,(H,18,19)(H,13,14,15). The van der Waals surface area contributed by atoms with E-state index in [1.54, 1.807) is 24.3 Å². The first kappa shape index (κ1) is 13.2. The van der Waals surface area contributed by atoms with Gasteiger partial charge in [0.05, 0.1) is 18.2 Å². The molecule has 1 aromatic heterocycles. The number of aliphatic hydroxyl groups excluding tert-OH is 2. The largest absolute Gasteiger partial charge is 0.475 e. The second kappa shape index (κ2) is 5.59. The van der Waals surface area contributed by atoms with Gasteiger partial charge in [-0.25, -0.2) is 14.8 Å². The lowest BCUT2D eigenvalue weighted by Crippen LogP contribution is -2.24. The second-order valence-electron chi connectivity index (χ2n) is 3.94. The molecule has 0 bridgehead atoms. The summed E-state index contributed by atoms with van der Waals surface area (Å²) in [6, 6.07) is 6.94. The van der Waals surface area contributed by atoms with E-state index in [9.17, 15) is 9.90 Å². The molecular formula is C12H13N3O4. The van der Waals surface area contributed by atoms with E-state index in [4.69, 9.17) is 10.2 Å². The first-order chi connectivity index (χ1) is 9.11. The fourth-order valence-electron chi connectivity index (χ4n) is 1.59. The molecular weight excluding hydrogens is 250 g/mol. The van der Waals surface area contributed by atoms with Crippen LogP contribution in [0.25, 0.3) is 10.9 Å². The average Bonchev–Trinajstić information content (AvgIpc) is 2.43. The van der Waals surface area contributed by atoms with Gasteiger partial charge in [0.15, 0.2) is 0 Å². The minimum atomic E-state index is -1.23. The van der Waals surface area contributed by atoms with Gasteiger partial charge in [0.2, 0.25) is 5.82 Å². The molecule has 4 N–H and O–H groups in total. The van der Waals surface area contributed by atoms with E-state index in [1.807, 2.05) is 0 Å². The van der Waals surface area contributed by atoms with Crippen LogP contribution in [0.1, 0.15) is 10.6 Å². The van der Waals surface area contributed by atoms with Gasteiger partial charge in [-0.1, -0.05) is 12.1 Å². The summed E-state index contributed by atoms with van der Waals surface area (Å²) in [4.78, 5) is 18.8. The van der Waals surface area contributed by atoms with Crippen molar-refractivity contribution in [3.05, 3.63) is 30.1 Å². The number of anilines is 1. The molecule has 1 heterocycles. The van der Waals surface area contributed by atoms with Gasteiger partial charge in [-0.15, -0.1) is 0 Å². The molecule has 0 aliphatic carbocycles. The molecule has 2 aromatic rings. The van der Waals surface area contributed by atoms with Crippen molar-refractivity contribution in [2.45, 2.75) is 6.10 Å². The fraction of sp³-hybridized carbons (Fsp3) is 0.250. The fourth-order valence-corrected chi connectivity index (χ4v) is 1.59. The first-order valence-corrected chi connectivity index (χ1v) is 5.64. The highest BCUT2D eigenvalue weighted by Gasteiger charge is 2.13. The van der Waals surface area contributed by atoms with Crippen LogP contribution in [0.2, 0.25) is 0 Å². The number of para-hydroxylation sites is 1. The van der Waals surface area contributed by atoms with Crippen LogP contribution in [0.3, 0.4) is 0 Å². The van der Waals surface area contributed by atoms with Crippen molar-refractivity contribution < 1.29 is 20.1 Å². The summed E-state index contributed by atoms with van der Waals surface area (Å²) in [5, 5.41) is 30.5. The van der Waals surface area contributed by atoms with Crippen molar-refractivity contribution in [3.63, 3.8) is 0 Å². The number of rotatable bonds is 5. The molecule has 0 spiro atoms. The maximum absolute atomic E-state index is 10.9. The summed E-state index contributed by atoms with van der Waals surface area (Å²) >= 11 is 0. The lowest BCUT2D eigenvalue weighted by molar-refractivity contribution is 0.0684. The molecule has 7 heteroatoms. The number of benzene rings is 1. The number of hydrogen-bond acceptors (Lipinski definition) is 6. The van der Waals surface area contributed by atoms with Crippen LogP contribution in [0.5, 0.6) is 0 Å². The van der Waals surface area contributed by atoms with E-state index in [2.05, 4.69) is 15.3 Å². The highest BCUT2D eigenvalue weighted by molar-refractivity contribution is 5.93. The Bertz CT molecular complexity index is 603. The minimum absolute atomic E-state index is 0.0660. The molecule has 0 saturated carbocycles. The Kier molecular flexibility index (Phi) is 3.88. The van der Waals surface area contributed by atoms with E-state index >= 15 is 0 Å². The molecule has 0 aliphatic rings. The Balaban J connectivity index is 2.41. The van der Waals surface area contributed by atoms with Gasteiger partial charge in [-0.3, -0.25) is 0 Å². The van der Waals surface area contributed by atoms with Gasteiger partial charge in [-0.05, 0) is 12.1 Å². The van der Waals surface area contributed by atoms with E-state index in [0.717, 1.165) is 0 Å². The summed E-state index contributed by atoms with van der Waals surface area (Å²) in [6.07, 6.45) is -0.943. The maximum atomic E-state index is 10.9. The van der Waals surface area contributed by atoms with Crippen molar-refractivity contribution in [3.8, 4) is 0 Å². The van der Waals surface area contributed by atoms with Crippen LogP contribution in [-0.4, -0.2) is 50.5 Å². The minimum Gasteiger partial charge on any atom is -0.475 e. The molecule has 1 aromatic carbocycles. The van der Waals surface area contributed by atoms with Crippen LogP contribution in [0.4, 0.5) is 5.82 Å². The normalized spacial score (nSPS) is 12.3. The third-order valence-corrected chi connectivity index (χ3v) is 2.51. The van der Waals surface area contributed by atoms with Crippen molar-refractivity contribution in [2.24, 2.45) is 0 Å². The van der Waals surface area contributed by atoms with Crippen LogP contribution in [0, 0.1) is 0 Å². The molecule has 1 unspecified atom stereocenters. The van der Waals surface area contributed by atoms with Gasteiger partial charge in [-0.2, -0.15) is 0 Å². The quantitative estimate of drug-likeness (QED) is 0.604. The zero-order valence-corrected chi connectivity index (χ0v) is 9.95. The summed E-state index contributed by atoms with van der Waals surface area (Å²) < 4.78 is 0. The van der Waals surface area contributed by atoms with Crippen molar-refractivity contribution in [2.75, 3.05) is 18.5 Å². The number of aromatic nitrogens is 2. The van der Waals surface area contributed by atoms with Gasteiger partial charge in [0, 0.05) is 11.9 Å². The van der Waals surface area contributed by atoms with Crippen molar-refractivity contribution in [1.82, 2.24) is 9.97 Å². The molecule has 7 nitrogen and oxygen atoms in total. The average molecular weight is 263 g/mol. The second-order valence-corrected chi connectivity index (χ2v) is 3.94. The van der Waals surface area contributed by atoms with Crippen molar-refractivity contribution >= 4 is 22.7 Å². The van der Waals surface area contributed by atoms with Crippen LogP contribution in [-0.2, 0) is 0 Å². The Labute approximate surface area is 108 Å². The Hall–Kier alpha value is -2.25. The molecule has 1 atom stereocenters. The molecule has 19 heavy (non-hydrogen) atoms. The Morgan fingerprint density at radius 3 is 2.74 bits per heavy atom. The number of carboxylic acids is 1. The summed E-state index contributed by atoms with van der Waals surface area (Å²) in [5.74, 6) is -1.23. The number of carbonyl (C=O) groups is 1. The van der Waals surface area contributed by atoms with Gasteiger partial charge < -0.3 is 20.6 Å². The molecule has 0 amide bonds. The third kappa shape index (κ3) is 2.95. The molecule has 0 saturated heterocycles. The SMILES string of the molecule is O=C(O)c1nc(NCC(O)CO)c2ccccc2n1. The summed E-state index contributed by atoms with van der Waals surface area (Å²) in [5.41, 5.74) is 0.496. The van der Waals surface area contributed by atoms with Gasteiger partial charge in [0.1, 0.15) is 5.82 Å². The maximum Gasteiger partial charge on any atom is 0.374 e. The van der Waals surface area contributed by atoms with E-state index in [0.29, 0.717) is 16.7 Å². The predicted octanol–water partition coefficient (Wildman–Crippen LogP) is 0.0931. The first-order valence-electron chi connectivity index (χ1n) is 5.64. The number of aliphatic hydroxyl groups is 2. The molecule has 2 rings (SSSR count). The number of hydrogen-bond donors (Lipinski definition) is 4. The smallest absolute Gasteiger partial charge is 0.374 e. The number of fused-ring (bicyclic) bond motifs is 1. The van der Waals surface area contributed by atoms with Crippen LogP contribution >= 0.6 is 0 Å². The van der Waals surface area contributed by atoms with Gasteiger partial charge >= 0.3 is 5.97 Å². The zero-order valence-electron chi connectivity index (χ0n) is 9.95. The number of nitrogens with zero attached hydrogens (tertiary/aromatic N) is 2. The number of carboxylic acid groups (broad SMARTS) is 1. The van der Waals surface area contributed by atoms with Crippen LogP contribution < -0.4 is 5.32 Å². The highest BCUT2D eigenvalue weighted by Crippen LogP contribution is 2.19. The van der Waals surface area contributed by atoms with Crippen molar-refractivity contribution in [1.29, 1.82) is 0 Å². The Morgan fingerprint density at radius 1 is 1.32 bits per heavy atom. The Morgan fingerprint density at radius 2 is 2.05 bits per heavy atom. The zero-order chi connectivity index (χ0) is 13.8. The van der Waals surface area contributed by atoms with E-state index < -0.39 is 12.1 Å². The summed E-state index contributed by atoms with van der Waals surface area (Å²) in [6.45, 7) is -0.321. The number of aromatic carboxylic acids is 1. The predicted molar refractivity (Wildman–Crippen MR) is 68.1 cm³/mol. The van der Waals surface area contributed by atoms with Crippen LogP contribution in [0.15, 0.2) is 24.3 Å². The third-order valence-electron chi connectivity index (χ3n) is 2.51. The molecule has 100 valence electrons.